The summed E-state index contributed by atoms with van der Waals surface area (Å²) >= 11 is 8.68. The van der Waals surface area contributed by atoms with E-state index in [2.05, 4.69) is 4.98 Å². The van der Waals surface area contributed by atoms with Gasteiger partial charge in [-0.1, -0.05) is 23.4 Å². The topological polar surface area (TPSA) is 50.2 Å². The Labute approximate surface area is 111 Å². The highest BCUT2D eigenvalue weighted by atomic mass is 35.5. The number of benzene rings is 1. The summed E-state index contributed by atoms with van der Waals surface area (Å²) < 4.78 is 0.812. The Hall–Kier alpha value is -1.04. The van der Waals surface area contributed by atoms with Crippen LogP contribution >= 0.6 is 34.7 Å². The van der Waals surface area contributed by atoms with Crippen LogP contribution in [0.3, 0.4) is 0 Å². The lowest BCUT2D eigenvalue weighted by molar-refractivity contribution is 0.0693. The zero-order chi connectivity index (χ0) is 12.4. The van der Waals surface area contributed by atoms with Crippen molar-refractivity contribution in [3.8, 4) is 0 Å². The number of aryl methyl sites for hydroxylation is 1. The summed E-state index contributed by atoms with van der Waals surface area (Å²) in [6.07, 6.45) is 0. The Balaban J connectivity index is 2.37. The third-order valence-corrected chi connectivity index (χ3v) is 4.32. The second-order valence-electron chi connectivity index (χ2n) is 3.30. The molecule has 1 aromatic heterocycles. The minimum absolute atomic E-state index is 0.243. The molecule has 0 bridgehead atoms. The molecule has 0 saturated carbocycles. The lowest BCUT2D eigenvalue weighted by atomic mass is 10.2. The molecule has 0 saturated heterocycles. The number of hydrogen-bond acceptors (Lipinski definition) is 4. The minimum Gasteiger partial charge on any atom is -0.478 e. The second kappa shape index (κ2) is 5.08. The molecule has 2 aromatic rings. The van der Waals surface area contributed by atoms with Gasteiger partial charge in [0.05, 0.1) is 5.56 Å². The Morgan fingerprint density at radius 1 is 1.53 bits per heavy atom. The number of carboxylic acid groups (broad SMARTS) is 1. The first-order valence-corrected chi connectivity index (χ1v) is 6.76. The molecule has 0 aliphatic carbocycles. The van der Waals surface area contributed by atoms with Crippen molar-refractivity contribution in [1.82, 2.24) is 4.98 Å². The molecule has 0 radical (unpaired) electrons. The van der Waals surface area contributed by atoms with E-state index in [0.717, 1.165) is 10.0 Å². The summed E-state index contributed by atoms with van der Waals surface area (Å²) in [5, 5.41) is 11.5. The second-order valence-corrected chi connectivity index (χ2v) is 5.89. The molecule has 1 heterocycles. The first-order chi connectivity index (χ1) is 8.06. The molecule has 17 heavy (non-hydrogen) atoms. The van der Waals surface area contributed by atoms with Crippen LogP contribution in [0.1, 0.15) is 16.1 Å². The molecule has 0 unspecified atom stereocenters. The van der Waals surface area contributed by atoms with E-state index in [1.54, 1.807) is 12.1 Å². The summed E-state index contributed by atoms with van der Waals surface area (Å²) in [6.45, 7) is 1.90. The van der Waals surface area contributed by atoms with Gasteiger partial charge >= 0.3 is 5.97 Å². The largest absolute Gasteiger partial charge is 0.478 e. The van der Waals surface area contributed by atoms with Gasteiger partial charge in [-0.25, -0.2) is 9.78 Å². The van der Waals surface area contributed by atoms with Gasteiger partial charge in [0.1, 0.15) is 0 Å². The van der Waals surface area contributed by atoms with Crippen molar-refractivity contribution in [3.63, 3.8) is 0 Å². The molecule has 0 spiro atoms. The van der Waals surface area contributed by atoms with Crippen molar-refractivity contribution >= 4 is 40.7 Å². The molecule has 1 N–H and O–H groups in total. The lowest BCUT2D eigenvalue weighted by Crippen LogP contribution is -1.98. The molecule has 0 aliphatic rings. The fourth-order valence-corrected chi connectivity index (χ4v) is 3.42. The number of nitrogens with zero attached hydrogens (tertiary/aromatic N) is 1. The molecule has 3 nitrogen and oxygen atoms in total. The van der Waals surface area contributed by atoms with Gasteiger partial charge in [0.25, 0.3) is 0 Å². The van der Waals surface area contributed by atoms with Crippen molar-refractivity contribution in [2.75, 3.05) is 0 Å². The Kier molecular flexibility index (Phi) is 3.71. The van der Waals surface area contributed by atoms with Crippen LogP contribution in [0, 0.1) is 6.92 Å². The van der Waals surface area contributed by atoms with Gasteiger partial charge < -0.3 is 5.11 Å². The van der Waals surface area contributed by atoms with E-state index >= 15 is 0 Å². The number of rotatable bonds is 3. The van der Waals surface area contributed by atoms with E-state index < -0.39 is 5.97 Å². The average Bonchev–Trinajstić information content (AvgIpc) is 2.63. The molecule has 2 rings (SSSR count). The summed E-state index contributed by atoms with van der Waals surface area (Å²) in [7, 11) is 0. The molecule has 0 fully saturated rings. The standard InChI is InChI=1S/C11H8ClNO2S2/c1-6-5-16-11(13-6)17-9-4-7(12)2-3-8(9)10(14)15/h2-5H,1H3,(H,14,15). The highest BCUT2D eigenvalue weighted by Crippen LogP contribution is 2.34. The van der Waals surface area contributed by atoms with E-state index in [1.807, 2.05) is 12.3 Å². The van der Waals surface area contributed by atoms with Crippen LogP contribution in [-0.4, -0.2) is 16.1 Å². The van der Waals surface area contributed by atoms with Crippen molar-refractivity contribution in [2.45, 2.75) is 16.2 Å². The Bertz CT molecular complexity index is 568. The van der Waals surface area contributed by atoms with Gasteiger partial charge in [-0.05, 0) is 25.1 Å². The predicted octanol–water partition coefficient (Wildman–Crippen LogP) is 3.95. The summed E-state index contributed by atoms with van der Waals surface area (Å²) in [5.74, 6) is -0.961. The Morgan fingerprint density at radius 2 is 2.29 bits per heavy atom. The minimum atomic E-state index is -0.961. The fourth-order valence-electron chi connectivity index (χ4n) is 1.23. The number of aromatic nitrogens is 1. The number of carboxylic acids is 1. The molecule has 88 valence electrons. The molecule has 0 aliphatic heterocycles. The molecular formula is C11H8ClNO2S2. The smallest absolute Gasteiger partial charge is 0.336 e. The zero-order valence-electron chi connectivity index (χ0n) is 8.81. The van der Waals surface area contributed by atoms with Gasteiger partial charge in [0.2, 0.25) is 0 Å². The van der Waals surface area contributed by atoms with Crippen LogP contribution in [0.15, 0.2) is 32.8 Å². The van der Waals surface area contributed by atoms with Crippen LogP contribution in [0.2, 0.25) is 5.02 Å². The van der Waals surface area contributed by atoms with Crippen LogP contribution in [0.25, 0.3) is 0 Å². The fraction of sp³-hybridized carbons (Fsp3) is 0.0909. The predicted molar refractivity (Wildman–Crippen MR) is 69.4 cm³/mol. The Morgan fingerprint density at radius 3 is 2.88 bits per heavy atom. The summed E-state index contributed by atoms with van der Waals surface area (Å²) in [6, 6.07) is 4.72. The third kappa shape index (κ3) is 3.00. The van der Waals surface area contributed by atoms with Crippen molar-refractivity contribution in [2.24, 2.45) is 0 Å². The van der Waals surface area contributed by atoms with Crippen LogP contribution in [-0.2, 0) is 0 Å². The number of carbonyl (C=O) groups is 1. The van der Waals surface area contributed by atoms with E-state index in [4.69, 9.17) is 16.7 Å². The maximum Gasteiger partial charge on any atom is 0.336 e. The molecule has 6 heteroatoms. The van der Waals surface area contributed by atoms with Gasteiger partial charge in [0, 0.05) is 21.0 Å². The number of thiazole rings is 1. The highest BCUT2D eigenvalue weighted by Gasteiger charge is 2.13. The quantitative estimate of drug-likeness (QED) is 0.927. The van der Waals surface area contributed by atoms with Crippen LogP contribution in [0.5, 0.6) is 0 Å². The lowest BCUT2D eigenvalue weighted by Gasteiger charge is -2.03. The number of halogens is 1. The number of hydrogen-bond donors (Lipinski definition) is 1. The summed E-state index contributed by atoms with van der Waals surface area (Å²) in [4.78, 5) is 15.9. The average molecular weight is 286 g/mol. The first-order valence-electron chi connectivity index (χ1n) is 4.69. The monoisotopic (exact) mass is 285 g/mol. The SMILES string of the molecule is Cc1csc(Sc2cc(Cl)ccc2C(=O)O)n1. The molecule has 0 atom stereocenters. The van der Waals surface area contributed by atoms with Crippen molar-refractivity contribution in [1.29, 1.82) is 0 Å². The summed E-state index contributed by atoms with van der Waals surface area (Å²) in [5.41, 5.74) is 1.17. The van der Waals surface area contributed by atoms with Crippen LogP contribution in [0.4, 0.5) is 0 Å². The van der Waals surface area contributed by atoms with Crippen molar-refractivity contribution in [3.05, 3.63) is 39.9 Å². The zero-order valence-corrected chi connectivity index (χ0v) is 11.2. The van der Waals surface area contributed by atoms with E-state index in [0.29, 0.717) is 9.92 Å². The van der Waals surface area contributed by atoms with E-state index in [9.17, 15) is 4.79 Å². The van der Waals surface area contributed by atoms with E-state index in [-0.39, 0.29) is 5.56 Å². The van der Waals surface area contributed by atoms with Crippen LogP contribution < -0.4 is 0 Å². The van der Waals surface area contributed by atoms with Crippen molar-refractivity contribution < 1.29 is 9.90 Å². The number of aromatic carboxylic acids is 1. The molecular weight excluding hydrogens is 278 g/mol. The van der Waals surface area contributed by atoms with Gasteiger partial charge in [-0.3, -0.25) is 0 Å². The molecule has 1 aromatic carbocycles. The maximum atomic E-state index is 11.1. The first kappa shape index (κ1) is 12.4. The normalized spacial score (nSPS) is 10.5. The van der Waals surface area contributed by atoms with Gasteiger partial charge in [-0.15, -0.1) is 11.3 Å². The third-order valence-electron chi connectivity index (χ3n) is 1.97. The van der Waals surface area contributed by atoms with Gasteiger partial charge in [0.15, 0.2) is 4.34 Å². The highest BCUT2D eigenvalue weighted by molar-refractivity contribution is 8.01. The van der Waals surface area contributed by atoms with E-state index in [1.165, 1.54) is 29.2 Å². The molecule has 0 amide bonds. The maximum absolute atomic E-state index is 11.1. The van der Waals surface area contributed by atoms with Gasteiger partial charge in [-0.2, -0.15) is 0 Å².